The standard InChI is InChI=1S/C30H34N8O7S/c1-29(2,3)44-27(42)38(28(43)45-30(4,5)6)20-10-8-9-18(32-20)16-37-25(39)22-19(15-31-37)23-24(35(22)7)33-21(46-23)12-11-17-13-14-36(34-17)26(40)41/h8-10,13-15H,11-12,16H2,1-7H3,(H,40,41). The van der Waals surface area contributed by atoms with Crippen LogP contribution in [0.5, 0.6) is 0 Å². The highest BCUT2D eigenvalue weighted by molar-refractivity contribution is 7.19. The van der Waals surface area contributed by atoms with Gasteiger partial charge in [-0.25, -0.2) is 29.0 Å². The smallest absolute Gasteiger partial charge is 0.432 e. The van der Waals surface area contributed by atoms with Crippen LogP contribution in [0.25, 0.3) is 21.3 Å². The molecule has 242 valence electrons. The van der Waals surface area contributed by atoms with Gasteiger partial charge in [0, 0.05) is 25.1 Å². The molecule has 46 heavy (non-hydrogen) atoms. The van der Waals surface area contributed by atoms with Gasteiger partial charge in [0.05, 0.1) is 33.8 Å². The average molecular weight is 651 g/mol. The van der Waals surface area contributed by atoms with Crippen LogP contribution >= 0.6 is 11.3 Å². The van der Waals surface area contributed by atoms with Crippen LogP contribution in [0.15, 0.2) is 41.5 Å². The zero-order valence-electron chi connectivity index (χ0n) is 26.5. The Morgan fingerprint density at radius 3 is 2.24 bits per heavy atom. The lowest BCUT2D eigenvalue weighted by atomic mass is 10.2. The minimum atomic E-state index is -1.15. The van der Waals surface area contributed by atoms with E-state index in [1.807, 2.05) is 0 Å². The Hall–Kier alpha value is -5.12. The molecule has 0 radical (unpaired) electrons. The summed E-state index contributed by atoms with van der Waals surface area (Å²) in [6, 6.07) is 6.39. The van der Waals surface area contributed by atoms with Crippen molar-refractivity contribution in [3.05, 3.63) is 63.4 Å². The molecule has 0 atom stereocenters. The van der Waals surface area contributed by atoms with Crippen molar-refractivity contribution in [2.75, 3.05) is 4.90 Å². The van der Waals surface area contributed by atoms with E-state index in [-0.39, 0.29) is 17.9 Å². The summed E-state index contributed by atoms with van der Waals surface area (Å²) in [7, 11) is 1.76. The summed E-state index contributed by atoms with van der Waals surface area (Å²) in [6.07, 6.45) is 1.00. The summed E-state index contributed by atoms with van der Waals surface area (Å²) in [5, 5.41) is 19.0. The SMILES string of the molecule is Cn1c2nc(CCc3ccn(C(=O)O)n3)sc2c2cnn(Cc3cccc(N(C(=O)OC(C)(C)C)C(=O)OC(C)(C)C)n3)c(=O)c21. The van der Waals surface area contributed by atoms with E-state index >= 15 is 0 Å². The number of thiazole rings is 1. The molecule has 16 heteroatoms. The molecule has 5 rings (SSSR count). The quantitative estimate of drug-likeness (QED) is 0.262. The Labute approximate surface area is 267 Å². The Bertz CT molecular complexity index is 2000. The van der Waals surface area contributed by atoms with Crippen LogP contribution in [0.2, 0.25) is 0 Å². The van der Waals surface area contributed by atoms with Gasteiger partial charge in [0.1, 0.15) is 22.5 Å². The van der Waals surface area contributed by atoms with Gasteiger partial charge in [0.15, 0.2) is 5.65 Å². The monoisotopic (exact) mass is 650 g/mol. The molecule has 0 aliphatic carbocycles. The summed E-state index contributed by atoms with van der Waals surface area (Å²) in [4.78, 5) is 60.8. The van der Waals surface area contributed by atoms with Gasteiger partial charge in [0.25, 0.3) is 5.56 Å². The number of aromatic nitrogens is 7. The first-order valence-corrected chi connectivity index (χ1v) is 15.2. The number of carboxylic acid groups (broad SMARTS) is 1. The summed E-state index contributed by atoms with van der Waals surface area (Å²) >= 11 is 1.44. The van der Waals surface area contributed by atoms with Gasteiger partial charge < -0.3 is 19.1 Å². The molecule has 0 aliphatic heterocycles. The van der Waals surface area contributed by atoms with Gasteiger partial charge in [-0.2, -0.15) is 19.8 Å². The summed E-state index contributed by atoms with van der Waals surface area (Å²) in [6.45, 7) is 10.0. The van der Waals surface area contributed by atoms with E-state index in [1.54, 1.807) is 77.6 Å². The van der Waals surface area contributed by atoms with Crippen molar-refractivity contribution in [3.8, 4) is 0 Å². The maximum atomic E-state index is 13.6. The lowest BCUT2D eigenvalue weighted by Crippen LogP contribution is -2.44. The van der Waals surface area contributed by atoms with Crippen molar-refractivity contribution in [1.82, 2.24) is 34.1 Å². The molecule has 0 bridgehead atoms. The molecule has 5 aromatic heterocycles. The molecule has 0 saturated heterocycles. The first-order chi connectivity index (χ1) is 21.5. The third kappa shape index (κ3) is 6.91. The van der Waals surface area contributed by atoms with Gasteiger partial charge >= 0.3 is 18.3 Å². The van der Waals surface area contributed by atoms with Crippen LogP contribution < -0.4 is 10.5 Å². The number of anilines is 1. The Balaban J connectivity index is 1.41. The van der Waals surface area contributed by atoms with E-state index in [4.69, 9.17) is 19.6 Å². The minimum absolute atomic E-state index is 0.0269. The number of ether oxygens (including phenoxy) is 2. The second-order valence-electron chi connectivity index (χ2n) is 12.5. The predicted molar refractivity (Wildman–Crippen MR) is 169 cm³/mol. The maximum absolute atomic E-state index is 13.6. The van der Waals surface area contributed by atoms with Crippen molar-refractivity contribution < 1.29 is 29.0 Å². The molecule has 5 aromatic rings. The molecule has 0 unspecified atom stereocenters. The van der Waals surface area contributed by atoms with E-state index in [1.165, 1.54) is 28.3 Å². The van der Waals surface area contributed by atoms with Crippen molar-refractivity contribution in [3.63, 3.8) is 0 Å². The highest BCUT2D eigenvalue weighted by atomic mass is 32.1. The van der Waals surface area contributed by atoms with Gasteiger partial charge in [-0.1, -0.05) is 6.07 Å². The molecule has 0 spiro atoms. The fourth-order valence-corrected chi connectivity index (χ4v) is 5.70. The number of hydrogen-bond donors (Lipinski definition) is 1. The van der Waals surface area contributed by atoms with Gasteiger partial charge in [-0.3, -0.25) is 4.79 Å². The average Bonchev–Trinajstić information content (AvgIpc) is 3.64. The molecular formula is C30H34N8O7S. The van der Waals surface area contributed by atoms with Crippen molar-refractivity contribution in [2.45, 2.75) is 72.1 Å². The Morgan fingerprint density at radius 2 is 1.63 bits per heavy atom. The number of carbonyl (C=O) groups excluding carboxylic acids is 2. The lowest BCUT2D eigenvalue weighted by Gasteiger charge is -2.28. The predicted octanol–water partition coefficient (Wildman–Crippen LogP) is 4.97. The lowest BCUT2D eigenvalue weighted by molar-refractivity contribution is 0.0429. The summed E-state index contributed by atoms with van der Waals surface area (Å²) in [5.41, 5.74) is -0.0874. The van der Waals surface area contributed by atoms with Crippen molar-refractivity contribution in [1.29, 1.82) is 0 Å². The minimum Gasteiger partial charge on any atom is -0.463 e. The van der Waals surface area contributed by atoms with Crippen molar-refractivity contribution >= 4 is 56.7 Å². The number of rotatable bonds is 6. The molecule has 0 aromatic carbocycles. The first kappa shape index (κ1) is 32.3. The molecule has 0 fully saturated rings. The molecule has 5 heterocycles. The molecule has 2 amide bonds. The van der Waals surface area contributed by atoms with E-state index in [9.17, 15) is 19.2 Å². The maximum Gasteiger partial charge on any atom is 0.432 e. The van der Waals surface area contributed by atoms with E-state index in [2.05, 4.69) is 15.2 Å². The van der Waals surface area contributed by atoms with E-state index in [0.29, 0.717) is 40.8 Å². The fourth-order valence-electron chi connectivity index (χ4n) is 4.60. The molecule has 1 N–H and O–H groups in total. The second-order valence-corrected chi connectivity index (χ2v) is 13.6. The summed E-state index contributed by atoms with van der Waals surface area (Å²) in [5.74, 6) is -0.0269. The Morgan fingerprint density at radius 1 is 0.957 bits per heavy atom. The van der Waals surface area contributed by atoms with Gasteiger partial charge in [-0.15, -0.1) is 11.3 Å². The number of amides is 2. The Kier molecular flexibility index (Phi) is 8.42. The van der Waals surface area contributed by atoms with Crippen LogP contribution in [0, 0.1) is 0 Å². The number of fused-ring (bicyclic) bond motifs is 3. The highest BCUT2D eigenvalue weighted by Crippen LogP contribution is 2.31. The van der Waals surface area contributed by atoms with E-state index < -0.39 is 29.5 Å². The molecule has 15 nitrogen and oxygen atoms in total. The van der Waals surface area contributed by atoms with Crippen LogP contribution in [0.4, 0.5) is 20.2 Å². The van der Waals surface area contributed by atoms with Crippen LogP contribution in [-0.2, 0) is 35.9 Å². The summed E-state index contributed by atoms with van der Waals surface area (Å²) < 4.78 is 15.6. The largest absolute Gasteiger partial charge is 0.463 e. The molecule has 0 saturated carbocycles. The van der Waals surface area contributed by atoms with E-state index in [0.717, 1.165) is 19.3 Å². The highest BCUT2D eigenvalue weighted by Gasteiger charge is 2.33. The van der Waals surface area contributed by atoms with Crippen LogP contribution in [0.3, 0.4) is 0 Å². The van der Waals surface area contributed by atoms with Gasteiger partial charge in [0.2, 0.25) is 0 Å². The van der Waals surface area contributed by atoms with Crippen LogP contribution in [-0.4, -0.2) is 68.7 Å². The number of imide groups is 1. The fraction of sp³-hybridized carbons (Fsp3) is 0.400. The second kappa shape index (κ2) is 12.0. The number of aryl methyl sites for hydroxylation is 3. The molecular weight excluding hydrogens is 616 g/mol. The molecule has 0 aliphatic rings. The topological polar surface area (TPSA) is 177 Å². The van der Waals surface area contributed by atoms with Gasteiger partial charge in [-0.05, 0) is 66.2 Å². The number of carbonyl (C=O) groups is 3. The van der Waals surface area contributed by atoms with Crippen molar-refractivity contribution in [2.24, 2.45) is 7.05 Å². The number of hydrogen-bond acceptors (Lipinski definition) is 11. The normalized spacial score (nSPS) is 12.1. The van der Waals surface area contributed by atoms with Crippen LogP contribution in [0.1, 0.15) is 57.9 Å². The zero-order chi connectivity index (χ0) is 33.6. The number of pyridine rings is 1. The number of nitrogens with zero attached hydrogens (tertiary/aromatic N) is 8. The zero-order valence-corrected chi connectivity index (χ0v) is 27.3. The third-order valence-electron chi connectivity index (χ3n) is 6.49. The third-order valence-corrected chi connectivity index (χ3v) is 7.63. The first-order valence-electron chi connectivity index (χ1n) is 14.3.